The number of carbonyl (C=O) groups excluding carboxylic acids is 2. The van der Waals surface area contributed by atoms with Crippen molar-refractivity contribution in [3.8, 4) is 0 Å². The van der Waals surface area contributed by atoms with E-state index in [9.17, 15) is 9.59 Å². The predicted molar refractivity (Wildman–Crippen MR) is 104 cm³/mol. The van der Waals surface area contributed by atoms with E-state index in [1.807, 2.05) is 47.9 Å². The number of likely N-dealkylation sites (N-methyl/N-ethyl adjacent to an activating group) is 1. The summed E-state index contributed by atoms with van der Waals surface area (Å²) in [5.41, 5.74) is 2.28. The molecular weight excluding hydrogens is 356 g/mol. The topological polar surface area (TPSA) is 85.0 Å². The molecule has 0 bridgehead atoms. The highest BCUT2D eigenvalue weighted by Crippen LogP contribution is 2.21. The quantitative estimate of drug-likeness (QED) is 0.747. The van der Waals surface area contributed by atoms with Gasteiger partial charge in [-0.3, -0.25) is 14.5 Å². The van der Waals surface area contributed by atoms with Crippen LogP contribution in [0.5, 0.6) is 0 Å². The summed E-state index contributed by atoms with van der Waals surface area (Å²) in [7, 11) is 1.70. The van der Waals surface area contributed by atoms with Crippen molar-refractivity contribution < 1.29 is 9.59 Å². The number of amides is 2. The van der Waals surface area contributed by atoms with Gasteiger partial charge in [0.25, 0.3) is 11.8 Å². The van der Waals surface area contributed by atoms with Crippen LogP contribution in [0.1, 0.15) is 28.2 Å². The van der Waals surface area contributed by atoms with Crippen molar-refractivity contribution in [2.24, 2.45) is 0 Å². The van der Waals surface area contributed by atoms with Gasteiger partial charge in [-0.1, -0.05) is 30.3 Å². The fraction of sp³-hybridized carbons (Fsp3) is 0.300. The van der Waals surface area contributed by atoms with Gasteiger partial charge in [-0.25, -0.2) is 9.67 Å². The molecule has 8 heteroatoms. The molecule has 1 N–H and O–H groups in total. The number of aromatic nitrogens is 4. The van der Waals surface area contributed by atoms with Gasteiger partial charge in [0.2, 0.25) is 0 Å². The second-order valence-corrected chi connectivity index (χ2v) is 7.00. The van der Waals surface area contributed by atoms with E-state index in [1.54, 1.807) is 29.2 Å². The molecule has 0 aliphatic carbocycles. The van der Waals surface area contributed by atoms with Gasteiger partial charge in [0, 0.05) is 32.4 Å². The number of carbonyl (C=O) groups is 2. The normalized spacial score (nSPS) is 16.6. The Morgan fingerprint density at radius 1 is 1.29 bits per heavy atom. The fourth-order valence-electron chi connectivity index (χ4n) is 3.41. The SMILES string of the molecule is Cc1cc2n(n1)CC[C@H](NC(=O)c1cn(Cc3ccccc3)cn1)C(=O)N2C. The van der Waals surface area contributed by atoms with Crippen LogP contribution in [0.4, 0.5) is 5.82 Å². The van der Waals surface area contributed by atoms with Crippen LogP contribution in [0, 0.1) is 6.92 Å². The highest BCUT2D eigenvalue weighted by molar-refractivity contribution is 6.01. The molecule has 0 unspecified atom stereocenters. The Morgan fingerprint density at radius 3 is 2.86 bits per heavy atom. The van der Waals surface area contributed by atoms with E-state index in [4.69, 9.17) is 0 Å². The molecule has 1 aliphatic heterocycles. The molecule has 8 nitrogen and oxygen atoms in total. The second-order valence-electron chi connectivity index (χ2n) is 7.00. The molecular formula is C20H22N6O2. The predicted octanol–water partition coefficient (Wildman–Crippen LogP) is 1.60. The summed E-state index contributed by atoms with van der Waals surface area (Å²) in [6.07, 6.45) is 3.80. The zero-order valence-corrected chi connectivity index (χ0v) is 15.9. The lowest BCUT2D eigenvalue weighted by Crippen LogP contribution is -2.46. The number of nitrogens with one attached hydrogen (secondary N) is 1. The van der Waals surface area contributed by atoms with E-state index in [-0.39, 0.29) is 11.8 Å². The maximum absolute atomic E-state index is 12.8. The average Bonchev–Trinajstić information content (AvgIpc) is 3.28. The third-order valence-electron chi connectivity index (χ3n) is 4.86. The number of rotatable bonds is 4. The van der Waals surface area contributed by atoms with Crippen LogP contribution in [0.15, 0.2) is 48.9 Å². The zero-order chi connectivity index (χ0) is 19.7. The number of fused-ring (bicyclic) bond motifs is 1. The fourth-order valence-corrected chi connectivity index (χ4v) is 3.41. The molecule has 0 fully saturated rings. The highest BCUT2D eigenvalue weighted by atomic mass is 16.2. The molecule has 2 amide bonds. The number of nitrogens with zero attached hydrogens (tertiary/aromatic N) is 5. The summed E-state index contributed by atoms with van der Waals surface area (Å²) >= 11 is 0. The molecule has 1 aliphatic rings. The van der Waals surface area contributed by atoms with Crippen LogP contribution in [-0.4, -0.2) is 44.2 Å². The van der Waals surface area contributed by atoms with Crippen molar-refractivity contribution >= 4 is 17.6 Å². The summed E-state index contributed by atoms with van der Waals surface area (Å²) in [6, 6.07) is 11.2. The van der Waals surface area contributed by atoms with E-state index in [0.29, 0.717) is 25.2 Å². The molecule has 1 aromatic carbocycles. The van der Waals surface area contributed by atoms with Gasteiger partial charge >= 0.3 is 0 Å². The Hall–Kier alpha value is -3.42. The van der Waals surface area contributed by atoms with E-state index < -0.39 is 6.04 Å². The zero-order valence-electron chi connectivity index (χ0n) is 15.9. The molecule has 0 saturated carbocycles. The largest absolute Gasteiger partial charge is 0.339 e. The van der Waals surface area contributed by atoms with Crippen LogP contribution in [-0.2, 0) is 17.9 Å². The van der Waals surface area contributed by atoms with Gasteiger partial charge in [-0.2, -0.15) is 5.10 Å². The van der Waals surface area contributed by atoms with Gasteiger partial charge in [-0.05, 0) is 18.9 Å². The summed E-state index contributed by atoms with van der Waals surface area (Å²) in [5, 5.41) is 7.23. The molecule has 2 aromatic heterocycles. The number of hydrogen-bond acceptors (Lipinski definition) is 4. The molecule has 144 valence electrons. The van der Waals surface area contributed by atoms with Gasteiger partial charge in [0.05, 0.1) is 12.0 Å². The maximum atomic E-state index is 12.8. The molecule has 0 saturated heterocycles. The maximum Gasteiger partial charge on any atom is 0.272 e. The third-order valence-corrected chi connectivity index (χ3v) is 4.86. The number of imidazole rings is 1. The van der Waals surface area contributed by atoms with Gasteiger partial charge < -0.3 is 9.88 Å². The molecule has 3 heterocycles. The lowest BCUT2D eigenvalue weighted by molar-refractivity contribution is -0.120. The Morgan fingerprint density at radius 2 is 2.07 bits per heavy atom. The summed E-state index contributed by atoms with van der Waals surface area (Å²) in [5.74, 6) is 0.233. The Kier molecular flexibility index (Phi) is 4.68. The Bertz CT molecular complexity index is 1010. The van der Waals surface area contributed by atoms with Crippen molar-refractivity contribution in [2.75, 3.05) is 11.9 Å². The third kappa shape index (κ3) is 3.53. The monoisotopic (exact) mass is 378 g/mol. The average molecular weight is 378 g/mol. The van der Waals surface area contributed by atoms with Crippen LogP contribution in [0.2, 0.25) is 0 Å². The van der Waals surface area contributed by atoms with Crippen molar-refractivity contribution in [1.82, 2.24) is 24.6 Å². The van der Waals surface area contributed by atoms with E-state index in [2.05, 4.69) is 15.4 Å². The minimum Gasteiger partial charge on any atom is -0.339 e. The molecule has 0 spiro atoms. The van der Waals surface area contributed by atoms with Gasteiger partial charge in [0.1, 0.15) is 17.6 Å². The summed E-state index contributed by atoms with van der Waals surface area (Å²) in [4.78, 5) is 31.1. The smallest absolute Gasteiger partial charge is 0.272 e. The van der Waals surface area contributed by atoms with Gasteiger partial charge in [0.15, 0.2) is 0 Å². The number of hydrogen-bond donors (Lipinski definition) is 1. The van der Waals surface area contributed by atoms with E-state index in [0.717, 1.165) is 17.1 Å². The molecule has 0 radical (unpaired) electrons. The lowest BCUT2D eigenvalue weighted by atomic mass is 10.2. The van der Waals surface area contributed by atoms with E-state index >= 15 is 0 Å². The van der Waals surface area contributed by atoms with Crippen LogP contribution < -0.4 is 10.2 Å². The number of anilines is 1. The van der Waals surface area contributed by atoms with Crippen molar-refractivity contribution in [3.05, 3.63) is 65.9 Å². The number of benzene rings is 1. The minimum atomic E-state index is -0.612. The van der Waals surface area contributed by atoms with E-state index in [1.165, 1.54) is 0 Å². The minimum absolute atomic E-state index is 0.157. The first-order valence-corrected chi connectivity index (χ1v) is 9.20. The highest BCUT2D eigenvalue weighted by Gasteiger charge is 2.30. The Labute approximate surface area is 162 Å². The summed E-state index contributed by atoms with van der Waals surface area (Å²) in [6.45, 7) is 3.09. The molecule has 3 aromatic rings. The van der Waals surface area contributed by atoms with Crippen molar-refractivity contribution in [2.45, 2.75) is 32.5 Å². The van der Waals surface area contributed by atoms with Crippen LogP contribution in [0.3, 0.4) is 0 Å². The van der Waals surface area contributed by atoms with Crippen molar-refractivity contribution in [1.29, 1.82) is 0 Å². The molecule has 28 heavy (non-hydrogen) atoms. The summed E-state index contributed by atoms with van der Waals surface area (Å²) < 4.78 is 3.65. The Balaban J connectivity index is 1.44. The van der Waals surface area contributed by atoms with Crippen molar-refractivity contribution in [3.63, 3.8) is 0 Å². The molecule has 4 rings (SSSR count). The lowest BCUT2D eigenvalue weighted by Gasteiger charge is -2.20. The second kappa shape index (κ2) is 7.30. The standard InChI is InChI=1S/C20H22N6O2/c1-14-10-18-24(2)20(28)16(8-9-26(18)23-14)22-19(27)17-12-25(13-21-17)11-15-6-4-3-5-7-15/h3-7,10,12-13,16H,8-9,11H2,1-2H3,(H,22,27)/t16-/m0/s1. The molecule has 1 atom stereocenters. The first-order valence-electron chi connectivity index (χ1n) is 9.20. The van der Waals surface area contributed by atoms with Crippen LogP contribution in [0.25, 0.3) is 0 Å². The number of aryl methyl sites for hydroxylation is 2. The van der Waals surface area contributed by atoms with Gasteiger partial charge in [-0.15, -0.1) is 0 Å². The first-order chi connectivity index (χ1) is 13.5. The first kappa shape index (κ1) is 18.0. The van der Waals surface area contributed by atoms with Crippen LogP contribution >= 0.6 is 0 Å².